The van der Waals surface area contributed by atoms with Crippen LogP contribution in [0, 0.1) is 5.41 Å². The topological polar surface area (TPSA) is 66.4 Å². The molecule has 124 valence electrons. The fraction of sp³-hybridized carbons (Fsp3) is 0.579. The van der Waals surface area contributed by atoms with Crippen LogP contribution in [0.4, 0.5) is 0 Å². The highest BCUT2D eigenvalue weighted by Gasteiger charge is 2.46. The van der Waals surface area contributed by atoms with Gasteiger partial charge in [-0.1, -0.05) is 37.6 Å². The Kier molecular flexibility index (Phi) is 4.17. The fourth-order valence-corrected chi connectivity index (χ4v) is 4.05. The van der Waals surface area contributed by atoms with Crippen molar-refractivity contribution >= 4 is 11.9 Å². The summed E-state index contributed by atoms with van der Waals surface area (Å²) in [5, 5.41) is 12.4. The molecule has 4 nitrogen and oxygen atoms in total. The number of benzene rings is 1. The predicted octanol–water partition coefficient (Wildman–Crippen LogP) is 3.04. The monoisotopic (exact) mass is 315 g/mol. The summed E-state index contributed by atoms with van der Waals surface area (Å²) in [6.07, 6.45) is 5.54. The first-order valence-electron chi connectivity index (χ1n) is 8.54. The number of hydrogen-bond donors (Lipinski definition) is 2. The van der Waals surface area contributed by atoms with Gasteiger partial charge in [-0.05, 0) is 43.2 Å². The van der Waals surface area contributed by atoms with Gasteiger partial charge in [0.2, 0.25) is 5.91 Å². The Hall–Kier alpha value is -1.84. The molecule has 0 radical (unpaired) electrons. The minimum atomic E-state index is -0.826. The second-order valence-electron chi connectivity index (χ2n) is 7.46. The first kappa shape index (κ1) is 16.0. The van der Waals surface area contributed by atoms with Crippen molar-refractivity contribution in [3.63, 3.8) is 0 Å². The lowest BCUT2D eigenvalue weighted by Gasteiger charge is -2.38. The number of aryl methyl sites for hydroxylation is 1. The molecule has 1 saturated carbocycles. The van der Waals surface area contributed by atoms with E-state index in [1.54, 1.807) is 0 Å². The van der Waals surface area contributed by atoms with E-state index in [2.05, 4.69) is 36.5 Å². The van der Waals surface area contributed by atoms with Crippen molar-refractivity contribution in [2.24, 2.45) is 5.41 Å². The maximum atomic E-state index is 12.3. The van der Waals surface area contributed by atoms with Crippen LogP contribution in [0.15, 0.2) is 24.3 Å². The van der Waals surface area contributed by atoms with Crippen LogP contribution in [0.2, 0.25) is 0 Å². The molecular formula is C19H25NO3. The lowest BCUT2D eigenvalue weighted by atomic mass is 9.66. The molecule has 0 aromatic heterocycles. The summed E-state index contributed by atoms with van der Waals surface area (Å²) >= 11 is 0. The number of rotatable bonds is 5. The first-order valence-corrected chi connectivity index (χ1v) is 8.54. The summed E-state index contributed by atoms with van der Waals surface area (Å²) in [5.74, 6) is -0.954. The van der Waals surface area contributed by atoms with Crippen LogP contribution in [0.25, 0.3) is 0 Å². The van der Waals surface area contributed by atoms with Gasteiger partial charge >= 0.3 is 5.97 Å². The van der Waals surface area contributed by atoms with Gasteiger partial charge in [-0.2, -0.15) is 0 Å². The van der Waals surface area contributed by atoms with Crippen molar-refractivity contribution in [2.45, 2.75) is 57.3 Å². The molecule has 1 aromatic rings. The number of carboxylic acids is 1. The second kappa shape index (κ2) is 5.99. The van der Waals surface area contributed by atoms with Crippen LogP contribution in [0.5, 0.6) is 0 Å². The van der Waals surface area contributed by atoms with E-state index in [-0.39, 0.29) is 17.7 Å². The van der Waals surface area contributed by atoms with Crippen molar-refractivity contribution in [3.05, 3.63) is 35.4 Å². The summed E-state index contributed by atoms with van der Waals surface area (Å²) < 4.78 is 0. The standard InChI is InChI=1S/C19H25NO3/c1-18(9-4-7-14-6-2-3-8-15(14)18)13-20-16(21)12-19(17(22)23)10-5-11-19/h2-3,6,8H,4-5,7,9-13H2,1H3,(H,20,21)(H,22,23). The average Bonchev–Trinajstić information content (AvgIpc) is 2.49. The number of carboxylic acid groups (broad SMARTS) is 1. The van der Waals surface area contributed by atoms with Gasteiger partial charge in [-0.3, -0.25) is 9.59 Å². The molecule has 0 spiro atoms. The van der Waals surface area contributed by atoms with E-state index >= 15 is 0 Å². The zero-order chi connectivity index (χ0) is 16.5. The molecule has 1 aromatic carbocycles. The third kappa shape index (κ3) is 2.99. The second-order valence-corrected chi connectivity index (χ2v) is 7.46. The van der Waals surface area contributed by atoms with Crippen LogP contribution >= 0.6 is 0 Å². The number of aliphatic carboxylic acids is 1. The molecule has 0 bridgehead atoms. The molecule has 1 atom stereocenters. The smallest absolute Gasteiger partial charge is 0.310 e. The third-order valence-electron chi connectivity index (χ3n) is 5.78. The fourth-order valence-electron chi connectivity index (χ4n) is 4.05. The summed E-state index contributed by atoms with van der Waals surface area (Å²) in [4.78, 5) is 23.7. The highest BCUT2D eigenvalue weighted by atomic mass is 16.4. The Bertz CT molecular complexity index is 621. The molecule has 4 heteroatoms. The lowest BCUT2D eigenvalue weighted by Crippen LogP contribution is -2.45. The molecule has 1 amide bonds. The van der Waals surface area contributed by atoms with E-state index in [0.29, 0.717) is 19.4 Å². The van der Waals surface area contributed by atoms with Crippen LogP contribution in [0.1, 0.15) is 56.6 Å². The van der Waals surface area contributed by atoms with Gasteiger partial charge in [0.05, 0.1) is 5.41 Å². The van der Waals surface area contributed by atoms with Gasteiger partial charge in [-0.25, -0.2) is 0 Å². The molecular weight excluding hydrogens is 290 g/mol. The van der Waals surface area contributed by atoms with E-state index < -0.39 is 11.4 Å². The van der Waals surface area contributed by atoms with Gasteiger partial charge in [0.1, 0.15) is 0 Å². The van der Waals surface area contributed by atoms with Gasteiger partial charge < -0.3 is 10.4 Å². The summed E-state index contributed by atoms with van der Waals surface area (Å²) in [6.45, 7) is 2.78. The van der Waals surface area contributed by atoms with Crippen LogP contribution in [0.3, 0.4) is 0 Å². The Morgan fingerprint density at radius 1 is 1.17 bits per heavy atom. The largest absolute Gasteiger partial charge is 0.481 e. The molecule has 0 saturated heterocycles. The van der Waals surface area contributed by atoms with Crippen molar-refractivity contribution in [3.8, 4) is 0 Å². The molecule has 2 N–H and O–H groups in total. The van der Waals surface area contributed by atoms with E-state index in [0.717, 1.165) is 25.7 Å². The van der Waals surface area contributed by atoms with Gasteiger partial charge in [0.25, 0.3) is 0 Å². The van der Waals surface area contributed by atoms with Crippen LogP contribution in [-0.2, 0) is 21.4 Å². The van der Waals surface area contributed by atoms with Gasteiger partial charge in [0.15, 0.2) is 0 Å². The van der Waals surface area contributed by atoms with E-state index in [4.69, 9.17) is 0 Å². The summed E-state index contributed by atoms with van der Waals surface area (Å²) in [6, 6.07) is 8.45. The van der Waals surface area contributed by atoms with Crippen molar-refractivity contribution in [2.75, 3.05) is 6.54 Å². The van der Waals surface area contributed by atoms with E-state index in [1.165, 1.54) is 11.1 Å². The van der Waals surface area contributed by atoms with Gasteiger partial charge in [-0.15, -0.1) is 0 Å². The SMILES string of the molecule is CC1(CNC(=O)CC2(C(=O)O)CCC2)CCCc2ccccc21. The van der Waals surface area contributed by atoms with Crippen molar-refractivity contribution < 1.29 is 14.7 Å². The maximum Gasteiger partial charge on any atom is 0.310 e. The highest BCUT2D eigenvalue weighted by Crippen LogP contribution is 2.44. The first-order chi connectivity index (χ1) is 11.0. The lowest BCUT2D eigenvalue weighted by molar-refractivity contribution is -0.157. The molecule has 2 aliphatic rings. The summed E-state index contributed by atoms with van der Waals surface area (Å²) in [7, 11) is 0. The number of hydrogen-bond acceptors (Lipinski definition) is 2. The molecule has 0 heterocycles. The number of fused-ring (bicyclic) bond motifs is 1. The minimum Gasteiger partial charge on any atom is -0.481 e. The third-order valence-corrected chi connectivity index (χ3v) is 5.78. The molecule has 23 heavy (non-hydrogen) atoms. The zero-order valence-electron chi connectivity index (χ0n) is 13.7. The molecule has 3 rings (SSSR count). The number of carbonyl (C=O) groups excluding carboxylic acids is 1. The number of nitrogens with one attached hydrogen (secondary N) is 1. The average molecular weight is 315 g/mol. The van der Waals surface area contributed by atoms with Crippen molar-refractivity contribution in [1.29, 1.82) is 0 Å². The van der Waals surface area contributed by atoms with E-state index in [1.807, 2.05) is 0 Å². The molecule has 2 aliphatic carbocycles. The Morgan fingerprint density at radius 2 is 1.91 bits per heavy atom. The Balaban J connectivity index is 1.64. The normalized spacial score (nSPS) is 25.1. The quantitative estimate of drug-likeness (QED) is 0.877. The van der Waals surface area contributed by atoms with E-state index in [9.17, 15) is 14.7 Å². The maximum absolute atomic E-state index is 12.3. The summed E-state index contributed by atoms with van der Waals surface area (Å²) in [5.41, 5.74) is 1.83. The zero-order valence-corrected chi connectivity index (χ0v) is 13.7. The Morgan fingerprint density at radius 3 is 2.57 bits per heavy atom. The minimum absolute atomic E-state index is 0.0551. The number of amides is 1. The predicted molar refractivity (Wildman–Crippen MR) is 88.3 cm³/mol. The van der Waals surface area contributed by atoms with Crippen LogP contribution in [-0.4, -0.2) is 23.5 Å². The molecule has 1 fully saturated rings. The molecule has 1 unspecified atom stereocenters. The Labute approximate surface area is 137 Å². The van der Waals surface area contributed by atoms with Gasteiger partial charge in [0, 0.05) is 18.4 Å². The highest BCUT2D eigenvalue weighted by molar-refractivity contribution is 5.85. The van der Waals surface area contributed by atoms with Crippen molar-refractivity contribution in [1.82, 2.24) is 5.32 Å². The van der Waals surface area contributed by atoms with Crippen LogP contribution < -0.4 is 5.32 Å². The number of carbonyl (C=O) groups is 2. The molecule has 0 aliphatic heterocycles.